The van der Waals surface area contributed by atoms with Crippen molar-refractivity contribution in [3.05, 3.63) is 41.7 Å². The van der Waals surface area contributed by atoms with E-state index in [1.807, 2.05) is 31.2 Å². The number of fused-ring (bicyclic) bond motifs is 1. The molecule has 0 spiro atoms. The molecule has 0 aliphatic heterocycles. The van der Waals surface area contributed by atoms with Crippen molar-refractivity contribution in [1.29, 1.82) is 5.26 Å². The third-order valence-corrected chi connectivity index (χ3v) is 3.49. The second kappa shape index (κ2) is 5.10. The maximum atomic E-state index is 9.04. The van der Waals surface area contributed by atoms with Crippen LogP contribution in [0.4, 0.5) is 0 Å². The Kier molecular flexibility index (Phi) is 3.26. The minimum Gasteiger partial charge on any atom is -0.461 e. The van der Waals surface area contributed by atoms with E-state index in [-0.39, 0.29) is 0 Å². The maximum absolute atomic E-state index is 9.04. The number of furan rings is 1. The van der Waals surface area contributed by atoms with Crippen LogP contribution in [0.3, 0.4) is 0 Å². The molecule has 1 aromatic carbocycles. The topological polar surface area (TPSA) is 54.8 Å². The SMILES string of the molecule is Cc1ccoc1-c1nc2cc(C#N)ccc2n1CC(C)C. The van der Waals surface area contributed by atoms with E-state index in [0.717, 1.165) is 34.7 Å². The van der Waals surface area contributed by atoms with Gasteiger partial charge in [-0.2, -0.15) is 5.26 Å². The van der Waals surface area contributed by atoms with Gasteiger partial charge in [-0.3, -0.25) is 0 Å². The monoisotopic (exact) mass is 279 g/mol. The fourth-order valence-electron chi connectivity index (χ4n) is 2.52. The van der Waals surface area contributed by atoms with Gasteiger partial charge in [0.25, 0.3) is 0 Å². The van der Waals surface area contributed by atoms with E-state index in [2.05, 4.69) is 24.5 Å². The molecule has 21 heavy (non-hydrogen) atoms. The van der Waals surface area contributed by atoms with Crippen LogP contribution >= 0.6 is 0 Å². The second-order valence-electron chi connectivity index (χ2n) is 5.69. The lowest BCUT2D eigenvalue weighted by atomic mass is 10.2. The number of hydrogen-bond donors (Lipinski definition) is 0. The highest BCUT2D eigenvalue weighted by molar-refractivity contribution is 5.81. The molecule has 0 aliphatic carbocycles. The van der Waals surface area contributed by atoms with E-state index < -0.39 is 0 Å². The molecule has 0 N–H and O–H groups in total. The molecule has 4 nitrogen and oxygen atoms in total. The summed E-state index contributed by atoms with van der Waals surface area (Å²) in [6.07, 6.45) is 1.68. The molecule has 3 aromatic rings. The van der Waals surface area contributed by atoms with Crippen molar-refractivity contribution in [2.75, 3.05) is 0 Å². The van der Waals surface area contributed by atoms with Crippen LogP contribution in [0.25, 0.3) is 22.6 Å². The number of hydrogen-bond acceptors (Lipinski definition) is 3. The molecule has 0 atom stereocenters. The fraction of sp³-hybridized carbons (Fsp3) is 0.294. The standard InChI is InChI=1S/C17H17N3O/c1-11(2)10-20-15-5-4-13(9-18)8-14(15)19-17(20)16-12(3)6-7-21-16/h4-8,11H,10H2,1-3H3. The average molecular weight is 279 g/mol. The van der Waals surface area contributed by atoms with Crippen molar-refractivity contribution in [1.82, 2.24) is 9.55 Å². The van der Waals surface area contributed by atoms with Gasteiger partial charge in [-0.15, -0.1) is 0 Å². The average Bonchev–Trinajstić information content (AvgIpc) is 3.02. The smallest absolute Gasteiger partial charge is 0.177 e. The Balaban J connectivity index is 2.27. The molecule has 0 radical (unpaired) electrons. The highest BCUT2D eigenvalue weighted by atomic mass is 16.3. The number of imidazole rings is 1. The van der Waals surface area contributed by atoms with Crippen molar-refractivity contribution >= 4 is 11.0 Å². The zero-order chi connectivity index (χ0) is 15.0. The number of aryl methyl sites for hydroxylation is 1. The van der Waals surface area contributed by atoms with Crippen LogP contribution < -0.4 is 0 Å². The normalized spacial score (nSPS) is 11.2. The predicted molar refractivity (Wildman–Crippen MR) is 81.7 cm³/mol. The predicted octanol–water partition coefficient (Wildman–Crippen LogP) is 4.13. The highest BCUT2D eigenvalue weighted by Gasteiger charge is 2.17. The minimum absolute atomic E-state index is 0.493. The second-order valence-corrected chi connectivity index (χ2v) is 5.69. The van der Waals surface area contributed by atoms with Gasteiger partial charge in [0.2, 0.25) is 0 Å². The summed E-state index contributed by atoms with van der Waals surface area (Å²) in [6.45, 7) is 7.22. The lowest BCUT2D eigenvalue weighted by molar-refractivity contribution is 0.521. The van der Waals surface area contributed by atoms with Gasteiger partial charge in [-0.25, -0.2) is 4.98 Å². The first-order valence-corrected chi connectivity index (χ1v) is 7.05. The van der Waals surface area contributed by atoms with E-state index in [4.69, 9.17) is 14.7 Å². The van der Waals surface area contributed by atoms with Crippen LogP contribution in [0, 0.1) is 24.2 Å². The molecule has 4 heteroatoms. The quantitative estimate of drug-likeness (QED) is 0.724. The lowest BCUT2D eigenvalue weighted by Gasteiger charge is -2.11. The largest absolute Gasteiger partial charge is 0.461 e. The van der Waals surface area contributed by atoms with Crippen LogP contribution in [-0.4, -0.2) is 9.55 Å². The van der Waals surface area contributed by atoms with Crippen LogP contribution in [0.1, 0.15) is 25.0 Å². The summed E-state index contributed by atoms with van der Waals surface area (Å²) in [5.74, 6) is 2.12. The van der Waals surface area contributed by atoms with Crippen molar-refractivity contribution in [2.24, 2.45) is 5.92 Å². The summed E-state index contributed by atoms with van der Waals surface area (Å²) >= 11 is 0. The molecule has 0 fully saturated rings. The fourth-order valence-corrected chi connectivity index (χ4v) is 2.52. The summed E-state index contributed by atoms with van der Waals surface area (Å²) < 4.78 is 7.78. The van der Waals surface area contributed by atoms with Gasteiger partial charge in [0, 0.05) is 6.54 Å². The molecule has 2 aromatic heterocycles. The van der Waals surface area contributed by atoms with Crippen LogP contribution in [0.2, 0.25) is 0 Å². The Bertz CT molecular complexity index is 833. The Morgan fingerprint density at radius 3 is 2.76 bits per heavy atom. The third kappa shape index (κ3) is 2.31. The summed E-state index contributed by atoms with van der Waals surface area (Å²) in [5.41, 5.74) is 3.56. The molecular formula is C17H17N3O. The molecule has 0 saturated heterocycles. The molecule has 3 rings (SSSR count). The Morgan fingerprint density at radius 2 is 2.14 bits per heavy atom. The van der Waals surface area contributed by atoms with Gasteiger partial charge >= 0.3 is 0 Å². The number of nitriles is 1. The van der Waals surface area contributed by atoms with E-state index in [9.17, 15) is 0 Å². The third-order valence-electron chi connectivity index (χ3n) is 3.49. The van der Waals surface area contributed by atoms with Crippen LogP contribution in [0.5, 0.6) is 0 Å². The number of nitrogens with zero attached hydrogens (tertiary/aromatic N) is 3. The first-order chi connectivity index (χ1) is 10.1. The first kappa shape index (κ1) is 13.4. The van der Waals surface area contributed by atoms with E-state index in [1.165, 1.54) is 0 Å². The van der Waals surface area contributed by atoms with E-state index in [1.54, 1.807) is 6.26 Å². The van der Waals surface area contributed by atoms with Crippen molar-refractivity contribution in [3.8, 4) is 17.7 Å². The molecule has 106 valence electrons. The van der Waals surface area contributed by atoms with Gasteiger partial charge in [0.15, 0.2) is 11.6 Å². The molecule has 0 saturated carbocycles. The van der Waals surface area contributed by atoms with Gasteiger partial charge in [0.05, 0.1) is 28.9 Å². The molecule has 0 amide bonds. The lowest BCUT2D eigenvalue weighted by Crippen LogP contribution is -2.06. The maximum Gasteiger partial charge on any atom is 0.177 e. The van der Waals surface area contributed by atoms with Crippen LogP contribution in [0.15, 0.2) is 34.9 Å². The van der Waals surface area contributed by atoms with Gasteiger partial charge in [0.1, 0.15) is 0 Å². The first-order valence-electron chi connectivity index (χ1n) is 7.05. The summed E-state index contributed by atoms with van der Waals surface area (Å²) in [7, 11) is 0. The van der Waals surface area contributed by atoms with E-state index >= 15 is 0 Å². The Labute approximate surface area is 123 Å². The zero-order valence-electron chi connectivity index (χ0n) is 12.4. The van der Waals surface area contributed by atoms with Crippen molar-refractivity contribution < 1.29 is 4.42 Å². The minimum atomic E-state index is 0.493. The molecular weight excluding hydrogens is 262 g/mol. The van der Waals surface area contributed by atoms with Gasteiger partial charge < -0.3 is 8.98 Å². The van der Waals surface area contributed by atoms with Gasteiger partial charge in [-0.1, -0.05) is 13.8 Å². The van der Waals surface area contributed by atoms with Crippen molar-refractivity contribution in [3.63, 3.8) is 0 Å². The zero-order valence-corrected chi connectivity index (χ0v) is 12.4. The molecule has 0 aliphatic rings. The molecule has 0 bridgehead atoms. The molecule has 2 heterocycles. The van der Waals surface area contributed by atoms with E-state index in [0.29, 0.717) is 11.5 Å². The summed E-state index contributed by atoms with van der Waals surface area (Å²) in [4.78, 5) is 4.70. The Hall–Kier alpha value is -2.54. The Morgan fingerprint density at radius 1 is 1.33 bits per heavy atom. The summed E-state index contributed by atoms with van der Waals surface area (Å²) in [5, 5.41) is 9.04. The number of aromatic nitrogens is 2. The van der Waals surface area contributed by atoms with Gasteiger partial charge in [-0.05, 0) is 42.7 Å². The van der Waals surface area contributed by atoms with Crippen LogP contribution in [-0.2, 0) is 6.54 Å². The summed E-state index contributed by atoms with van der Waals surface area (Å²) in [6, 6.07) is 9.73. The molecule has 0 unspecified atom stereocenters. The number of rotatable bonds is 3. The highest BCUT2D eigenvalue weighted by Crippen LogP contribution is 2.29. The van der Waals surface area contributed by atoms with Crippen molar-refractivity contribution in [2.45, 2.75) is 27.3 Å². The number of benzene rings is 1.